The van der Waals surface area contributed by atoms with Gasteiger partial charge in [-0.05, 0) is 37.7 Å². The van der Waals surface area contributed by atoms with Gasteiger partial charge in [0.25, 0.3) is 0 Å². The van der Waals surface area contributed by atoms with Crippen molar-refractivity contribution >= 4 is 22.5 Å². The van der Waals surface area contributed by atoms with Crippen LogP contribution in [-0.2, 0) is 25.1 Å². The Hall–Kier alpha value is -1.95. The van der Waals surface area contributed by atoms with E-state index in [1.54, 1.807) is 12.4 Å². The van der Waals surface area contributed by atoms with Crippen molar-refractivity contribution in [2.24, 2.45) is 0 Å². The van der Waals surface area contributed by atoms with Crippen LogP contribution in [0.15, 0.2) is 36.9 Å². The van der Waals surface area contributed by atoms with Crippen LogP contribution >= 0.6 is 11.6 Å². The topological polar surface area (TPSA) is 54.2 Å². The molecule has 5 nitrogen and oxygen atoms in total. The molecule has 3 aromatic rings. The van der Waals surface area contributed by atoms with E-state index < -0.39 is 5.60 Å². The van der Waals surface area contributed by atoms with Crippen molar-refractivity contribution in [3.8, 4) is 0 Å². The van der Waals surface area contributed by atoms with Gasteiger partial charge in [0.05, 0.1) is 6.54 Å². The third-order valence-corrected chi connectivity index (χ3v) is 5.29. The fourth-order valence-corrected chi connectivity index (χ4v) is 3.89. The maximum absolute atomic E-state index is 11.1. The van der Waals surface area contributed by atoms with E-state index in [0.717, 1.165) is 30.0 Å². The summed E-state index contributed by atoms with van der Waals surface area (Å²) in [5, 5.41) is 13.0. The number of aromatic nitrogens is 3. The van der Waals surface area contributed by atoms with Gasteiger partial charge in [-0.15, -0.1) is 0 Å². The van der Waals surface area contributed by atoms with Crippen LogP contribution in [0, 0.1) is 0 Å². The quantitative estimate of drug-likeness (QED) is 0.784. The Labute approximate surface area is 151 Å². The molecule has 0 bridgehead atoms. The first-order valence-electron chi connectivity index (χ1n) is 8.41. The number of nitrogens with zero attached hydrogens (tertiary/aromatic N) is 4. The van der Waals surface area contributed by atoms with Gasteiger partial charge in [-0.2, -0.15) is 0 Å². The van der Waals surface area contributed by atoms with Crippen LogP contribution in [0.25, 0.3) is 10.9 Å². The SMILES string of the molecule is CN1CCc2c(c3cc(Cl)ccc3n2C[C@@](C)(O)c2cncnc2)C1. The Morgan fingerprint density at radius 2 is 2.04 bits per heavy atom. The lowest BCUT2D eigenvalue weighted by atomic mass is 9.98. The van der Waals surface area contributed by atoms with Crippen molar-refractivity contribution in [1.29, 1.82) is 0 Å². The third-order valence-electron chi connectivity index (χ3n) is 5.06. The molecule has 3 heterocycles. The summed E-state index contributed by atoms with van der Waals surface area (Å²) in [6.07, 6.45) is 5.79. The maximum Gasteiger partial charge on any atom is 0.115 e. The number of halogens is 1. The minimum Gasteiger partial charge on any atom is -0.383 e. The fourth-order valence-electron chi connectivity index (χ4n) is 3.71. The molecule has 1 atom stereocenters. The number of aliphatic hydroxyl groups is 1. The summed E-state index contributed by atoms with van der Waals surface area (Å²) >= 11 is 6.25. The van der Waals surface area contributed by atoms with E-state index in [-0.39, 0.29) is 0 Å². The van der Waals surface area contributed by atoms with Crippen molar-refractivity contribution in [3.63, 3.8) is 0 Å². The van der Waals surface area contributed by atoms with Gasteiger partial charge < -0.3 is 14.6 Å². The molecule has 2 aromatic heterocycles. The lowest BCUT2D eigenvalue weighted by molar-refractivity contribution is 0.0378. The van der Waals surface area contributed by atoms with Crippen LogP contribution in [0.5, 0.6) is 0 Å². The molecule has 0 saturated carbocycles. The first-order valence-corrected chi connectivity index (χ1v) is 8.79. The lowest BCUT2D eigenvalue weighted by Crippen LogP contribution is -2.31. The number of fused-ring (bicyclic) bond motifs is 3. The van der Waals surface area contributed by atoms with Gasteiger partial charge in [0.15, 0.2) is 0 Å². The van der Waals surface area contributed by atoms with Gasteiger partial charge in [-0.1, -0.05) is 11.6 Å². The standard InChI is InChI=1S/C19H21ClN4O/c1-19(25,13-8-21-12-22-9-13)11-24-17-4-3-14(20)7-15(17)16-10-23(2)6-5-18(16)24/h3-4,7-9,12,25H,5-6,10-11H2,1-2H3/t19-/m1/s1. The molecular formula is C19H21ClN4O. The Morgan fingerprint density at radius 3 is 2.80 bits per heavy atom. The highest BCUT2D eigenvalue weighted by Crippen LogP contribution is 2.34. The van der Waals surface area contributed by atoms with Crippen molar-refractivity contribution < 1.29 is 5.11 Å². The average Bonchev–Trinajstić information content (AvgIpc) is 2.88. The van der Waals surface area contributed by atoms with E-state index >= 15 is 0 Å². The van der Waals surface area contributed by atoms with E-state index in [2.05, 4.69) is 26.5 Å². The van der Waals surface area contributed by atoms with E-state index in [1.807, 2.05) is 25.1 Å². The van der Waals surface area contributed by atoms with Crippen LogP contribution in [0.1, 0.15) is 23.7 Å². The summed E-state index contributed by atoms with van der Waals surface area (Å²) in [6.45, 7) is 4.18. The molecular weight excluding hydrogens is 336 g/mol. The Kier molecular flexibility index (Phi) is 4.02. The molecule has 0 amide bonds. The van der Waals surface area contributed by atoms with E-state index in [9.17, 15) is 5.11 Å². The molecule has 1 aliphatic heterocycles. The molecule has 0 radical (unpaired) electrons. The Balaban J connectivity index is 1.85. The molecule has 0 aliphatic carbocycles. The van der Waals surface area contributed by atoms with Crippen LogP contribution in [0.2, 0.25) is 5.02 Å². The molecule has 0 fully saturated rings. The molecule has 1 aliphatic rings. The van der Waals surface area contributed by atoms with Gasteiger partial charge >= 0.3 is 0 Å². The number of rotatable bonds is 3. The van der Waals surface area contributed by atoms with Crippen molar-refractivity contribution in [1.82, 2.24) is 19.4 Å². The molecule has 0 saturated heterocycles. The second-order valence-electron chi connectivity index (χ2n) is 7.06. The van der Waals surface area contributed by atoms with Gasteiger partial charge in [-0.3, -0.25) is 0 Å². The minimum absolute atomic E-state index is 0.456. The van der Waals surface area contributed by atoms with Crippen molar-refractivity contribution in [3.05, 3.63) is 58.8 Å². The van der Waals surface area contributed by atoms with E-state index in [4.69, 9.17) is 11.6 Å². The van der Waals surface area contributed by atoms with Crippen LogP contribution in [-0.4, -0.2) is 38.1 Å². The minimum atomic E-state index is -1.05. The monoisotopic (exact) mass is 356 g/mol. The molecule has 0 unspecified atom stereocenters. The molecule has 25 heavy (non-hydrogen) atoms. The highest BCUT2D eigenvalue weighted by Gasteiger charge is 2.29. The summed E-state index contributed by atoms with van der Waals surface area (Å²) in [5.41, 5.74) is 3.37. The summed E-state index contributed by atoms with van der Waals surface area (Å²) < 4.78 is 2.24. The zero-order valence-electron chi connectivity index (χ0n) is 14.4. The first-order chi connectivity index (χ1) is 12.0. The maximum atomic E-state index is 11.1. The Morgan fingerprint density at radius 1 is 1.28 bits per heavy atom. The summed E-state index contributed by atoms with van der Waals surface area (Å²) in [4.78, 5) is 10.4. The largest absolute Gasteiger partial charge is 0.383 e. The lowest BCUT2D eigenvalue weighted by Gasteiger charge is -2.28. The molecule has 4 rings (SSSR count). The second-order valence-corrected chi connectivity index (χ2v) is 7.50. The fraction of sp³-hybridized carbons (Fsp3) is 0.368. The van der Waals surface area contributed by atoms with Crippen LogP contribution in [0.4, 0.5) is 0 Å². The molecule has 6 heteroatoms. The molecule has 1 N–H and O–H groups in total. The average molecular weight is 357 g/mol. The van der Waals surface area contributed by atoms with E-state index in [1.165, 1.54) is 23.0 Å². The number of hydrogen-bond acceptors (Lipinski definition) is 4. The number of benzene rings is 1. The van der Waals surface area contributed by atoms with Gasteiger partial charge in [0, 0.05) is 59.1 Å². The third kappa shape index (κ3) is 2.92. The summed E-state index contributed by atoms with van der Waals surface area (Å²) in [5.74, 6) is 0. The molecule has 0 spiro atoms. The van der Waals surface area contributed by atoms with E-state index in [0.29, 0.717) is 12.1 Å². The first kappa shape index (κ1) is 16.5. The van der Waals surface area contributed by atoms with Crippen molar-refractivity contribution in [2.75, 3.05) is 13.6 Å². The molecule has 130 valence electrons. The van der Waals surface area contributed by atoms with Gasteiger partial charge in [-0.25, -0.2) is 9.97 Å². The normalized spacial score (nSPS) is 17.4. The highest BCUT2D eigenvalue weighted by molar-refractivity contribution is 6.31. The zero-order valence-corrected chi connectivity index (χ0v) is 15.2. The zero-order chi connectivity index (χ0) is 17.6. The summed E-state index contributed by atoms with van der Waals surface area (Å²) in [7, 11) is 2.13. The van der Waals surface area contributed by atoms with Crippen molar-refractivity contribution in [2.45, 2.75) is 32.0 Å². The predicted octanol–water partition coefficient (Wildman–Crippen LogP) is 2.98. The number of likely N-dealkylation sites (N-methyl/N-ethyl adjacent to an activating group) is 1. The highest BCUT2D eigenvalue weighted by atomic mass is 35.5. The second kappa shape index (κ2) is 6.09. The van der Waals surface area contributed by atoms with Gasteiger partial charge in [0.1, 0.15) is 11.9 Å². The van der Waals surface area contributed by atoms with Crippen LogP contribution in [0.3, 0.4) is 0 Å². The Bertz CT molecular complexity index is 920. The van der Waals surface area contributed by atoms with Gasteiger partial charge in [0.2, 0.25) is 0 Å². The van der Waals surface area contributed by atoms with Crippen LogP contribution < -0.4 is 0 Å². The molecule has 1 aromatic carbocycles. The summed E-state index contributed by atoms with van der Waals surface area (Å²) in [6, 6.07) is 6.00. The smallest absolute Gasteiger partial charge is 0.115 e. The number of hydrogen-bond donors (Lipinski definition) is 1. The predicted molar refractivity (Wildman–Crippen MR) is 98.6 cm³/mol.